The molecule has 0 unspecified atom stereocenters. The molecule has 0 aliphatic rings. The summed E-state index contributed by atoms with van der Waals surface area (Å²) in [5, 5.41) is 0. The van der Waals surface area contributed by atoms with Gasteiger partial charge in [-0.25, -0.2) is 8.42 Å². The van der Waals surface area contributed by atoms with Gasteiger partial charge in [0, 0.05) is 12.7 Å². The SMILES string of the molecule is Cc1ccc(N(C)S(=O)(=O)c2ccc(NN)cc2)cc1. The van der Waals surface area contributed by atoms with Gasteiger partial charge in [0.2, 0.25) is 0 Å². The Hall–Kier alpha value is -2.05. The summed E-state index contributed by atoms with van der Waals surface area (Å²) in [6.45, 7) is 1.96. The van der Waals surface area contributed by atoms with Crippen molar-refractivity contribution in [2.75, 3.05) is 16.8 Å². The zero-order valence-electron chi connectivity index (χ0n) is 11.4. The first-order valence-corrected chi connectivity index (χ1v) is 7.51. The lowest BCUT2D eigenvalue weighted by Crippen LogP contribution is -2.26. The third-order valence-corrected chi connectivity index (χ3v) is 4.88. The fourth-order valence-electron chi connectivity index (χ4n) is 1.77. The zero-order valence-corrected chi connectivity index (χ0v) is 12.2. The Morgan fingerprint density at radius 1 is 1.00 bits per heavy atom. The molecule has 2 aromatic carbocycles. The number of anilines is 2. The van der Waals surface area contributed by atoms with Crippen LogP contribution in [0.25, 0.3) is 0 Å². The van der Waals surface area contributed by atoms with Gasteiger partial charge in [-0.3, -0.25) is 10.1 Å². The van der Waals surface area contributed by atoms with Crippen LogP contribution < -0.4 is 15.6 Å². The Morgan fingerprint density at radius 3 is 2.05 bits per heavy atom. The van der Waals surface area contributed by atoms with Crippen molar-refractivity contribution in [3.63, 3.8) is 0 Å². The van der Waals surface area contributed by atoms with Gasteiger partial charge in [0.05, 0.1) is 10.6 Å². The largest absolute Gasteiger partial charge is 0.324 e. The summed E-state index contributed by atoms with van der Waals surface area (Å²) < 4.78 is 26.2. The van der Waals surface area contributed by atoms with Gasteiger partial charge in [-0.1, -0.05) is 17.7 Å². The van der Waals surface area contributed by atoms with Gasteiger partial charge in [0.15, 0.2) is 0 Å². The van der Waals surface area contributed by atoms with Gasteiger partial charge in [-0.2, -0.15) is 0 Å². The Balaban J connectivity index is 2.35. The lowest BCUT2D eigenvalue weighted by molar-refractivity contribution is 0.594. The molecular weight excluding hydrogens is 274 g/mol. The quantitative estimate of drug-likeness (QED) is 0.668. The second kappa shape index (κ2) is 5.52. The normalized spacial score (nSPS) is 11.2. The molecule has 0 fully saturated rings. The lowest BCUT2D eigenvalue weighted by Gasteiger charge is -2.19. The fraction of sp³-hybridized carbons (Fsp3) is 0.143. The highest BCUT2D eigenvalue weighted by molar-refractivity contribution is 7.92. The zero-order chi connectivity index (χ0) is 14.8. The number of hydrogen-bond donors (Lipinski definition) is 2. The maximum absolute atomic E-state index is 12.5. The van der Waals surface area contributed by atoms with Gasteiger partial charge in [0.25, 0.3) is 10.0 Å². The van der Waals surface area contributed by atoms with Gasteiger partial charge < -0.3 is 5.43 Å². The van der Waals surface area contributed by atoms with E-state index in [-0.39, 0.29) is 4.90 Å². The summed E-state index contributed by atoms with van der Waals surface area (Å²) in [7, 11) is -2.03. The topological polar surface area (TPSA) is 75.4 Å². The summed E-state index contributed by atoms with van der Waals surface area (Å²) >= 11 is 0. The number of nitrogens with zero attached hydrogens (tertiary/aromatic N) is 1. The molecule has 0 saturated heterocycles. The number of nitrogens with two attached hydrogens (primary N) is 1. The minimum absolute atomic E-state index is 0.222. The van der Waals surface area contributed by atoms with Crippen LogP contribution in [-0.2, 0) is 10.0 Å². The number of nitrogen functional groups attached to an aromatic ring is 1. The van der Waals surface area contributed by atoms with Crippen LogP contribution in [0, 0.1) is 6.92 Å². The summed E-state index contributed by atoms with van der Waals surface area (Å²) in [6, 6.07) is 13.6. The predicted octanol–water partition coefficient (Wildman–Crippen LogP) is 2.11. The van der Waals surface area contributed by atoms with Crippen molar-refractivity contribution in [1.82, 2.24) is 0 Å². The van der Waals surface area contributed by atoms with Crippen LogP contribution in [0.5, 0.6) is 0 Å². The predicted molar refractivity (Wildman–Crippen MR) is 81.0 cm³/mol. The molecule has 0 spiro atoms. The summed E-state index contributed by atoms with van der Waals surface area (Å²) in [4.78, 5) is 0.222. The highest BCUT2D eigenvalue weighted by Crippen LogP contribution is 2.23. The monoisotopic (exact) mass is 291 g/mol. The molecule has 106 valence electrons. The maximum Gasteiger partial charge on any atom is 0.264 e. The molecule has 0 amide bonds. The average molecular weight is 291 g/mol. The van der Waals surface area contributed by atoms with Crippen LogP contribution in [0.15, 0.2) is 53.4 Å². The van der Waals surface area contributed by atoms with E-state index in [9.17, 15) is 8.42 Å². The molecule has 0 aliphatic carbocycles. The highest BCUT2D eigenvalue weighted by atomic mass is 32.2. The van der Waals surface area contributed by atoms with E-state index in [2.05, 4.69) is 5.43 Å². The number of rotatable bonds is 4. The molecule has 5 nitrogen and oxygen atoms in total. The van der Waals surface area contributed by atoms with Crippen molar-refractivity contribution in [3.8, 4) is 0 Å². The van der Waals surface area contributed by atoms with E-state index in [0.29, 0.717) is 11.4 Å². The number of aryl methyl sites for hydroxylation is 1. The molecule has 3 N–H and O–H groups in total. The van der Waals surface area contributed by atoms with Crippen molar-refractivity contribution in [2.24, 2.45) is 5.84 Å². The molecule has 0 aliphatic heterocycles. The highest BCUT2D eigenvalue weighted by Gasteiger charge is 2.20. The Bertz CT molecular complexity index is 679. The van der Waals surface area contributed by atoms with E-state index in [1.165, 1.54) is 23.5 Å². The Morgan fingerprint density at radius 2 is 1.55 bits per heavy atom. The second-order valence-corrected chi connectivity index (χ2v) is 6.45. The summed E-state index contributed by atoms with van der Waals surface area (Å²) in [5.41, 5.74) is 4.82. The van der Waals surface area contributed by atoms with Crippen LogP contribution in [0.3, 0.4) is 0 Å². The summed E-state index contributed by atoms with van der Waals surface area (Å²) in [5.74, 6) is 5.26. The van der Waals surface area contributed by atoms with Gasteiger partial charge in [0.1, 0.15) is 0 Å². The van der Waals surface area contributed by atoms with Crippen molar-refractivity contribution >= 4 is 21.4 Å². The number of nitrogens with one attached hydrogen (secondary N) is 1. The van der Waals surface area contributed by atoms with E-state index < -0.39 is 10.0 Å². The van der Waals surface area contributed by atoms with Crippen LogP contribution in [0.1, 0.15) is 5.56 Å². The van der Waals surface area contributed by atoms with Crippen molar-refractivity contribution in [1.29, 1.82) is 0 Å². The third kappa shape index (κ3) is 2.76. The minimum atomic E-state index is -3.57. The molecule has 0 radical (unpaired) electrons. The number of benzene rings is 2. The maximum atomic E-state index is 12.5. The van der Waals surface area contributed by atoms with Crippen molar-refractivity contribution in [2.45, 2.75) is 11.8 Å². The standard InChI is InChI=1S/C14H17N3O2S/c1-11-3-7-13(8-4-11)17(2)20(18,19)14-9-5-12(16-15)6-10-14/h3-10,16H,15H2,1-2H3. The molecule has 0 bridgehead atoms. The second-order valence-electron chi connectivity index (χ2n) is 4.48. The third-order valence-electron chi connectivity index (χ3n) is 3.08. The van der Waals surface area contributed by atoms with Crippen LogP contribution in [-0.4, -0.2) is 15.5 Å². The van der Waals surface area contributed by atoms with Crippen molar-refractivity contribution < 1.29 is 8.42 Å². The van der Waals surface area contributed by atoms with Crippen LogP contribution in [0.4, 0.5) is 11.4 Å². The smallest absolute Gasteiger partial charge is 0.264 e. The van der Waals surface area contributed by atoms with Crippen LogP contribution in [0.2, 0.25) is 0 Å². The first-order chi connectivity index (χ1) is 9.45. The molecule has 2 rings (SSSR count). The Kier molecular flexibility index (Phi) is 3.96. The van der Waals surface area contributed by atoms with E-state index in [1.807, 2.05) is 19.1 Å². The number of hydrazine groups is 1. The number of sulfonamides is 1. The molecule has 0 saturated carbocycles. The first kappa shape index (κ1) is 14.4. The van der Waals surface area contributed by atoms with Gasteiger partial charge in [-0.05, 0) is 43.3 Å². The molecule has 2 aromatic rings. The van der Waals surface area contributed by atoms with E-state index in [4.69, 9.17) is 5.84 Å². The number of hydrogen-bond acceptors (Lipinski definition) is 4. The summed E-state index contributed by atoms with van der Waals surface area (Å²) in [6.07, 6.45) is 0. The minimum Gasteiger partial charge on any atom is -0.324 e. The molecule has 20 heavy (non-hydrogen) atoms. The van der Waals surface area contributed by atoms with Gasteiger partial charge >= 0.3 is 0 Å². The average Bonchev–Trinajstić information content (AvgIpc) is 2.47. The van der Waals surface area contributed by atoms with Crippen LogP contribution >= 0.6 is 0 Å². The van der Waals surface area contributed by atoms with E-state index in [1.54, 1.807) is 24.3 Å². The van der Waals surface area contributed by atoms with Gasteiger partial charge in [-0.15, -0.1) is 0 Å². The van der Waals surface area contributed by atoms with E-state index >= 15 is 0 Å². The lowest BCUT2D eigenvalue weighted by atomic mass is 10.2. The molecule has 0 atom stereocenters. The molecule has 0 aromatic heterocycles. The van der Waals surface area contributed by atoms with E-state index in [0.717, 1.165) is 5.56 Å². The fourth-order valence-corrected chi connectivity index (χ4v) is 2.97. The first-order valence-electron chi connectivity index (χ1n) is 6.07. The van der Waals surface area contributed by atoms with Crippen molar-refractivity contribution in [3.05, 3.63) is 54.1 Å². The molecule has 6 heteroatoms. The molecule has 0 heterocycles. The molecular formula is C14H17N3O2S. The Labute approximate surface area is 119 Å².